The van der Waals surface area contributed by atoms with Crippen molar-refractivity contribution in [2.75, 3.05) is 11.9 Å². The Morgan fingerprint density at radius 1 is 1.54 bits per heavy atom. The van der Waals surface area contributed by atoms with Crippen LogP contribution in [0.2, 0.25) is 0 Å². The van der Waals surface area contributed by atoms with Crippen LogP contribution in [0.15, 0.2) is 22.7 Å². The highest BCUT2D eigenvalue weighted by Gasteiger charge is 2.00. The predicted molar refractivity (Wildman–Crippen MR) is 59.0 cm³/mol. The van der Waals surface area contributed by atoms with E-state index in [0.717, 1.165) is 10.2 Å². The maximum atomic E-state index is 9.10. The number of hydrogen-bond donors (Lipinski definition) is 2. The topological polar surface area (TPSA) is 32.3 Å². The lowest BCUT2D eigenvalue weighted by Gasteiger charge is -2.11. The Kier molecular flexibility index (Phi) is 3.75. The van der Waals surface area contributed by atoms with Gasteiger partial charge in [-0.05, 0) is 31.5 Å². The maximum Gasteiger partial charge on any atom is 0.0684 e. The molecule has 1 atom stereocenters. The van der Waals surface area contributed by atoms with Crippen molar-refractivity contribution in [3.63, 3.8) is 0 Å². The van der Waals surface area contributed by atoms with Crippen molar-refractivity contribution in [1.82, 2.24) is 0 Å². The first-order valence-corrected chi connectivity index (χ1v) is 5.07. The van der Waals surface area contributed by atoms with Gasteiger partial charge in [0.15, 0.2) is 0 Å². The van der Waals surface area contributed by atoms with Gasteiger partial charge >= 0.3 is 0 Å². The number of nitrogens with one attached hydrogen (secondary N) is 1. The van der Waals surface area contributed by atoms with Gasteiger partial charge in [-0.25, -0.2) is 0 Å². The molecule has 0 bridgehead atoms. The Hall–Kier alpha value is -0.540. The van der Waals surface area contributed by atoms with E-state index in [2.05, 4.69) is 21.2 Å². The van der Waals surface area contributed by atoms with Crippen LogP contribution in [0.4, 0.5) is 5.69 Å². The summed E-state index contributed by atoms with van der Waals surface area (Å²) in [5.74, 6) is 0. The summed E-state index contributed by atoms with van der Waals surface area (Å²) < 4.78 is 1.05. The van der Waals surface area contributed by atoms with Gasteiger partial charge in [-0.15, -0.1) is 0 Å². The van der Waals surface area contributed by atoms with Crippen LogP contribution >= 0.6 is 15.9 Å². The largest absolute Gasteiger partial charge is 0.392 e. The SMILES string of the molecule is Cc1ccc(Br)cc1NC[C@@H](C)O. The van der Waals surface area contributed by atoms with Gasteiger partial charge in [-0.3, -0.25) is 0 Å². The molecule has 13 heavy (non-hydrogen) atoms. The summed E-state index contributed by atoms with van der Waals surface area (Å²) in [4.78, 5) is 0. The average molecular weight is 244 g/mol. The molecule has 0 spiro atoms. The fraction of sp³-hybridized carbons (Fsp3) is 0.400. The van der Waals surface area contributed by atoms with Gasteiger partial charge in [0.2, 0.25) is 0 Å². The van der Waals surface area contributed by atoms with E-state index in [1.54, 1.807) is 6.92 Å². The van der Waals surface area contributed by atoms with Crippen molar-refractivity contribution < 1.29 is 5.11 Å². The van der Waals surface area contributed by atoms with Gasteiger partial charge in [0.1, 0.15) is 0 Å². The van der Waals surface area contributed by atoms with Crippen molar-refractivity contribution in [3.8, 4) is 0 Å². The highest BCUT2D eigenvalue weighted by molar-refractivity contribution is 9.10. The van der Waals surface area contributed by atoms with Crippen molar-refractivity contribution >= 4 is 21.6 Å². The average Bonchev–Trinajstić information content (AvgIpc) is 2.06. The molecule has 0 aliphatic carbocycles. The second-order valence-electron chi connectivity index (χ2n) is 3.19. The molecule has 0 aliphatic rings. The quantitative estimate of drug-likeness (QED) is 0.856. The van der Waals surface area contributed by atoms with E-state index in [-0.39, 0.29) is 6.10 Å². The third-order valence-electron chi connectivity index (χ3n) is 1.79. The summed E-state index contributed by atoms with van der Waals surface area (Å²) >= 11 is 3.40. The molecule has 1 rings (SSSR count). The second kappa shape index (κ2) is 4.63. The van der Waals surface area contributed by atoms with E-state index in [1.165, 1.54) is 5.56 Å². The highest BCUT2D eigenvalue weighted by Crippen LogP contribution is 2.20. The lowest BCUT2D eigenvalue weighted by molar-refractivity contribution is 0.208. The third kappa shape index (κ3) is 3.36. The highest BCUT2D eigenvalue weighted by atomic mass is 79.9. The number of rotatable bonds is 3. The van der Waals surface area contributed by atoms with E-state index >= 15 is 0 Å². The molecule has 0 aromatic heterocycles. The maximum absolute atomic E-state index is 9.10. The molecule has 0 radical (unpaired) electrons. The third-order valence-corrected chi connectivity index (χ3v) is 2.28. The van der Waals surface area contributed by atoms with Crippen molar-refractivity contribution in [3.05, 3.63) is 28.2 Å². The summed E-state index contributed by atoms with van der Waals surface area (Å²) in [6, 6.07) is 6.05. The molecule has 0 aliphatic heterocycles. The van der Waals surface area contributed by atoms with E-state index in [1.807, 2.05) is 25.1 Å². The van der Waals surface area contributed by atoms with Gasteiger partial charge in [0, 0.05) is 16.7 Å². The fourth-order valence-corrected chi connectivity index (χ4v) is 1.40. The zero-order valence-electron chi connectivity index (χ0n) is 7.84. The molecule has 2 N–H and O–H groups in total. The van der Waals surface area contributed by atoms with Crippen molar-refractivity contribution in [2.24, 2.45) is 0 Å². The molecular formula is C10H14BrNO. The van der Waals surface area contributed by atoms with Crippen molar-refractivity contribution in [1.29, 1.82) is 0 Å². The van der Waals surface area contributed by atoms with Crippen LogP contribution in [-0.2, 0) is 0 Å². The van der Waals surface area contributed by atoms with Crippen LogP contribution in [0, 0.1) is 6.92 Å². The number of halogens is 1. The number of benzene rings is 1. The summed E-state index contributed by atoms with van der Waals surface area (Å²) in [5.41, 5.74) is 2.25. The monoisotopic (exact) mass is 243 g/mol. The first-order valence-electron chi connectivity index (χ1n) is 4.27. The molecule has 1 aromatic carbocycles. The van der Waals surface area contributed by atoms with Gasteiger partial charge < -0.3 is 10.4 Å². The number of anilines is 1. The van der Waals surface area contributed by atoms with Gasteiger partial charge in [-0.2, -0.15) is 0 Å². The van der Waals surface area contributed by atoms with E-state index in [4.69, 9.17) is 5.11 Å². The van der Waals surface area contributed by atoms with E-state index in [9.17, 15) is 0 Å². The van der Waals surface area contributed by atoms with Gasteiger partial charge in [-0.1, -0.05) is 22.0 Å². The lowest BCUT2D eigenvalue weighted by Crippen LogP contribution is -2.15. The fourth-order valence-electron chi connectivity index (χ4n) is 1.04. The summed E-state index contributed by atoms with van der Waals surface area (Å²) in [6.07, 6.45) is -0.321. The van der Waals surface area contributed by atoms with Crippen LogP contribution in [0.3, 0.4) is 0 Å². The standard InChI is InChI=1S/C10H14BrNO/c1-7-3-4-9(11)5-10(7)12-6-8(2)13/h3-5,8,12-13H,6H2,1-2H3/t8-/m1/s1. The first-order chi connectivity index (χ1) is 6.09. The number of aliphatic hydroxyl groups excluding tert-OH is 1. The van der Waals surface area contributed by atoms with Crippen LogP contribution in [0.5, 0.6) is 0 Å². The van der Waals surface area contributed by atoms with E-state index in [0.29, 0.717) is 6.54 Å². The van der Waals surface area contributed by atoms with Crippen molar-refractivity contribution in [2.45, 2.75) is 20.0 Å². The Labute approximate surface area is 87.1 Å². The molecule has 3 heteroatoms. The van der Waals surface area contributed by atoms with E-state index < -0.39 is 0 Å². The summed E-state index contributed by atoms with van der Waals surface area (Å²) in [6.45, 7) is 4.38. The van der Waals surface area contributed by atoms with Gasteiger partial charge in [0.05, 0.1) is 6.10 Å². The molecular weight excluding hydrogens is 230 g/mol. The minimum absolute atomic E-state index is 0.321. The Morgan fingerprint density at radius 3 is 2.85 bits per heavy atom. The van der Waals surface area contributed by atoms with Crippen LogP contribution in [-0.4, -0.2) is 17.8 Å². The summed E-state index contributed by atoms with van der Waals surface area (Å²) in [5, 5.41) is 12.3. The molecule has 72 valence electrons. The zero-order chi connectivity index (χ0) is 9.84. The Morgan fingerprint density at radius 2 is 2.23 bits per heavy atom. The van der Waals surface area contributed by atoms with Crippen LogP contribution < -0.4 is 5.32 Å². The predicted octanol–water partition coefficient (Wildman–Crippen LogP) is 2.55. The molecule has 2 nitrogen and oxygen atoms in total. The smallest absolute Gasteiger partial charge is 0.0684 e. The molecule has 0 fully saturated rings. The van der Waals surface area contributed by atoms with Gasteiger partial charge in [0.25, 0.3) is 0 Å². The first kappa shape index (κ1) is 10.5. The Bertz CT molecular complexity index is 286. The minimum Gasteiger partial charge on any atom is -0.392 e. The molecule has 0 saturated heterocycles. The number of aryl methyl sites for hydroxylation is 1. The molecule has 0 saturated carbocycles. The van der Waals surface area contributed by atoms with Crippen LogP contribution in [0.1, 0.15) is 12.5 Å². The lowest BCUT2D eigenvalue weighted by atomic mass is 10.2. The molecule has 0 amide bonds. The Balaban J connectivity index is 2.70. The number of hydrogen-bond acceptors (Lipinski definition) is 2. The molecule has 1 aromatic rings. The molecule has 0 heterocycles. The number of aliphatic hydroxyl groups is 1. The zero-order valence-corrected chi connectivity index (χ0v) is 9.43. The minimum atomic E-state index is -0.321. The summed E-state index contributed by atoms with van der Waals surface area (Å²) in [7, 11) is 0. The molecule has 0 unspecified atom stereocenters. The van der Waals surface area contributed by atoms with Crippen LogP contribution in [0.25, 0.3) is 0 Å². The second-order valence-corrected chi connectivity index (χ2v) is 4.10. The normalized spacial score (nSPS) is 12.6.